The summed E-state index contributed by atoms with van der Waals surface area (Å²) in [6, 6.07) is 0. The van der Waals surface area contributed by atoms with Crippen LogP contribution in [0, 0.1) is 18.3 Å². The fraction of sp³-hybridized carbons (Fsp3) is 0.667. The Bertz CT molecular complexity index is 174. The molecule has 1 heterocycles. The van der Waals surface area contributed by atoms with Gasteiger partial charge in [-0.1, -0.05) is 5.92 Å². The molecule has 2 heteroatoms. The molecule has 0 amide bonds. The quantitative estimate of drug-likeness (QED) is 0.585. The van der Waals surface area contributed by atoms with E-state index in [0.717, 1.165) is 25.9 Å². The number of nitrogens with one attached hydrogen (secondary N) is 1. The van der Waals surface area contributed by atoms with Gasteiger partial charge in [0.05, 0.1) is 6.42 Å². The second kappa shape index (κ2) is 4.15. The lowest BCUT2D eigenvalue weighted by Crippen LogP contribution is -2.31. The number of Topliss-reactive ketones (excluding diaryl/α,β-unsaturated/α-hetero) is 1. The molecule has 0 saturated carbocycles. The van der Waals surface area contributed by atoms with Crippen molar-refractivity contribution >= 4 is 5.78 Å². The predicted molar refractivity (Wildman–Crippen MR) is 44.1 cm³/mol. The Morgan fingerprint density at radius 3 is 2.73 bits per heavy atom. The van der Waals surface area contributed by atoms with Gasteiger partial charge in [0.15, 0.2) is 0 Å². The minimum atomic E-state index is 0.229. The molecule has 1 fully saturated rings. The topological polar surface area (TPSA) is 29.1 Å². The molecule has 2 nitrogen and oxygen atoms in total. The SMILES string of the molecule is C#CCC(=O)C1CCNCC1. The van der Waals surface area contributed by atoms with Gasteiger partial charge in [-0.15, -0.1) is 6.42 Å². The molecular weight excluding hydrogens is 138 g/mol. The number of piperidine rings is 1. The van der Waals surface area contributed by atoms with Gasteiger partial charge in [0, 0.05) is 5.92 Å². The van der Waals surface area contributed by atoms with E-state index in [9.17, 15) is 4.79 Å². The first-order valence-electron chi connectivity index (χ1n) is 4.01. The highest BCUT2D eigenvalue weighted by Crippen LogP contribution is 2.13. The molecule has 1 aliphatic heterocycles. The molecule has 0 aromatic carbocycles. The van der Waals surface area contributed by atoms with Crippen LogP contribution in [0.4, 0.5) is 0 Å². The largest absolute Gasteiger partial charge is 0.317 e. The third-order valence-corrected chi connectivity index (χ3v) is 2.07. The predicted octanol–water partition coefficient (Wildman–Crippen LogP) is 0.578. The standard InChI is InChI=1S/C9H13NO/c1-2-3-9(11)8-4-6-10-7-5-8/h1,8,10H,3-7H2. The van der Waals surface area contributed by atoms with Crippen LogP contribution >= 0.6 is 0 Å². The highest BCUT2D eigenvalue weighted by atomic mass is 16.1. The van der Waals surface area contributed by atoms with Crippen LogP contribution in [0.5, 0.6) is 0 Å². The summed E-state index contributed by atoms with van der Waals surface area (Å²) in [7, 11) is 0. The van der Waals surface area contributed by atoms with Crippen LogP contribution < -0.4 is 5.32 Å². The Labute approximate surface area is 67.4 Å². The van der Waals surface area contributed by atoms with Crippen molar-refractivity contribution in [2.75, 3.05) is 13.1 Å². The van der Waals surface area contributed by atoms with E-state index in [0.29, 0.717) is 6.42 Å². The van der Waals surface area contributed by atoms with Crippen LogP contribution in [0.2, 0.25) is 0 Å². The van der Waals surface area contributed by atoms with Gasteiger partial charge in [0.25, 0.3) is 0 Å². The maximum atomic E-state index is 11.2. The summed E-state index contributed by atoms with van der Waals surface area (Å²) in [5.41, 5.74) is 0. The number of ketones is 1. The monoisotopic (exact) mass is 151 g/mol. The summed E-state index contributed by atoms with van der Waals surface area (Å²) in [5, 5.41) is 3.21. The van der Waals surface area contributed by atoms with Crippen molar-refractivity contribution in [1.82, 2.24) is 5.32 Å². The smallest absolute Gasteiger partial charge is 0.147 e. The van der Waals surface area contributed by atoms with Gasteiger partial charge in [-0.2, -0.15) is 0 Å². The summed E-state index contributed by atoms with van der Waals surface area (Å²) in [5.74, 6) is 2.87. The lowest BCUT2D eigenvalue weighted by Gasteiger charge is -2.20. The fourth-order valence-electron chi connectivity index (χ4n) is 1.39. The van der Waals surface area contributed by atoms with E-state index in [4.69, 9.17) is 6.42 Å². The highest BCUT2D eigenvalue weighted by Gasteiger charge is 2.19. The second-order valence-electron chi connectivity index (χ2n) is 2.87. The molecule has 0 atom stereocenters. The molecule has 0 aromatic rings. The Hall–Kier alpha value is -0.810. The number of hydrogen-bond acceptors (Lipinski definition) is 2. The van der Waals surface area contributed by atoms with Crippen molar-refractivity contribution < 1.29 is 4.79 Å². The van der Waals surface area contributed by atoms with E-state index in [2.05, 4.69) is 11.2 Å². The Morgan fingerprint density at radius 1 is 1.55 bits per heavy atom. The van der Waals surface area contributed by atoms with Gasteiger partial charge in [-0.05, 0) is 25.9 Å². The average molecular weight is 151 g/mol. The fourth-order valence-corrected chi connectivity index (χ4v) is 1.39. The molecular formula is C9H13NO. The zero-order valence-corrected chi connectivity index (χ0v) is 6.60. The molecule has 11 heavy (non-hydrogen) atoms. The third kappa shape index (κ3) is 2.36. The van der Waals surface area contributed by atoms with E-state index in [1.165, 1.54) is 0 Å². The first-order valence-corrected chi connectivity index (χ1v) is 4.01. The highest BCUT2D eigenvalue weighted by molar-refractivity contribution is 5.83. The number of hydrogen-bond donors (Lipinski definition) is 1. The molecule has 0 spiro atoms. The number of terminal acetylenes is 1. The number of carbonyl (C=O) groups is 1. The molecule has 1 saturated heterocycles. The number of carbonyl (C=O) groups excluding carboxylic acids is 1. The maximum absolute atomic E-state index is 11.2. The lowest BCUT2D eigenvalue weighted by atomic mass is 9.92. The van der Waals surface area contributed by atoms with Crippen LogP contribution in [0.3, 0.4) is 0 Å². The minimum absolute atomic E-state index is 0.229. The summed E-state index contributed by atoms with van der Waals surface area (Å²) in [4.78, 5) is 11.2. The summed E-state index contributed by atoms with van der Waals surface area (Å²) in [6.07, 6.45) is 7.28. The van der Waals surface area contributed by atoms with Crippen LogP contribution in [0.25, 0.3) is 0 Å². The van der Waals surface area contributed by atoms with E-state index in [1.807, 2.05) is 0 Å². The van der Waals surface area contributed by atoms with Gasteiger partial charge < -0.3 is 5.32 Å². The van der Waals surface area contributed by atoms with Crippen molar-refractivity contribution in [3.05, 3.63) is 0 Å². The summed E-state index contributed by atoms with van der Waals surface area (Å²) < 4.78 is 0. The summed E-state index contributed by atoms with van der Waals surface area (Å²) in [6.45, 7) is 1.92. The second-order valence-corrected chi connectivity index (χ2v) is 2.87. The molecule has 1 rings (SSSR count). The van der Waals surface area contributed by atoms with E-state index >= 15 is 0 Å². The molecule has 0 unspecified atom stereocenters. The van der Waals surface area contributed by atoms with E-state index < -0.39 is 0 Å². The van der Waals surface area contributed by atoms with Crippen molar-refractivity contribution in [2.24, 2.45) is 5.92 Å². The zero-order chi connectivity index (χ0) is 8.10. The molecule has 1 aliphatic rings. The lowest BCUT2D eigenvalue weighted by molar-refractivity contribution is -0.122. The number of rotatable bonds is 2. The van der Waals surface area contributed by atoms with Crippen LogP contribution in [-0.2, 0) is 4.79 Å². The van der Waals surface area contributed by atoms with Crippen molar-refractivity contribution in [3.8, 4) is 12.3 Å². The van der Waals surface area contributed by atoms with Crippen molar-refractivity contribution in [3.63, 3.8) is 0 Å². The normalized spacial score (nSPS) is 19.2. The van der Waals surface area contributed by atoms with Crippen molar-refractivity contribution in [2.45, 2.75) is 19.3 Å². The molecule has 60 valence electrons. The van der Waals surface area contributed by atoms with Gasteiger partial charge in [-0.3, -0.25) is 4.79 Å². The first kappa shape index (κ1) is 8.29. The van der Waals surface area contributed by atoms with Crippen LogP contribution in [-0.4, -0.2) is 18.9 Å². The van der Waals surface area contributed by atoms with Crippen LogP contribution in [0.1, 0.15) is 19.3 Å². The van der Waals surface area contributed by atoms with Crippen molar-refractivity contribution in [1.29, 1.82) is 0 Å². The van der Waals surface area contributed by atoms with Gasteiger partial charge in [-0.25, -0.2) is 0 Å². The van der Waals surface area contributed by atoms with Crippen LogP contribution in [0.15, 0.2) is 0 Å². The molecule has 1 N–H and O–H groups in total. The van der Waals surface area contributed by atoms with Gasteiger partial charge in [0.1, 0.15) is 5.78 Å². The molecule has 0 aromatic heterocycles. The Morgan fingerprint density at radius 2 is 2.18 bits per heavy atom. The summed E-state index contributed by atoms with van der Waals surface area (Å²) >= 11 is 0. The average Bonchev–Trinajstić information content (AvgIpc) is 2.07. The maximum Gasteiger partial charge on any atom is 0.147 e. The zero-order valence-electron chi connectivity index (χ0n) is 6.60. The first-order chi connectivity index (χ1) is 5.34. The Kier molecular flexibility index (Phi) is 3.13. The van der Waals surface area contributed by atoms with E-state index in [-0.39, 0.29) is 11.7 Å². The van der Waals surface area contributed by atoms with Gasteiger partial charge in [0.2, 0.25) is 0 Å². The van der Waals surface area contributed by atoms with Gasteiger partial charge >= 0.3 is 0 Å². The minimum Gasteiger partial charge on any atom is -0.317 e. The third-order valence-electron chi connectivity index (χ3n) is 2.07. The molecule has 0 aliphatic carbocycles. The Balaban J connectivity index is 2.34. The van der Waals surface area contributed by atoms with E-state index in [1.54, 1.807) is 0 Å². The molecule has 0 radical (unpaired) electrons. The molecule has 0 bridgehead atoms.